The maximum Gasteiger partial charge on any atom is 0.162 e. The van der Waals surface area contributed by atoms with Gasteiger partial charge in [0.25, 0.3) is 0 Å². The predicted molar refractivity (Wildman–Crippen MR) is 205 cm³/mol. The van der Waals surface area contributed by atoms with E-state index in [0.717, 1.165) is 64.8 Å². The van der Waals surface area contributed by atoms with Gasteiger partial charge in [-0.3, -0.25) is 9.78 Å². The summed E-state index contributed by atoms with van der Waals surface area (Å²) in [7, 11) is 0. The summed E-state index contributed by atoms with van der Waals surface area (Å²) in [6.07, 6.45) is 9.25. The van der Waals surface area contributed by atoms with E-state index in [1.54, 1.807) is 0 Å². The zero-order valence-corrected chi connectivity index (χ0v) is 33.6. The Morgan fingerprint density at radius 2 is 1.54 bits per heavy atom. The first-order valence-electron chi connectivity index (χ1n) is 18.3. The number of fused-ring (bicyclic) bond motifs is 7. The summed E-state index contributed by atoms with van der Waals surface area (Å²) in [6, 6.07) is 21.2. The summed E-state index contributed by atoms with van der Waals surface area (Å²) in [5.74, 6) is 2.35. The number of ketones is 1. The van der Waals surface area contributed by atoms with E-state index in [0.29, 0.717) is 0 Å². The van der Waals surface area contributed by atoms with Gasteiger partial charge >= 0.3 is 0 Å². The second-order valence-electron chi connectivity index (χ2n) is 15.4. The Balaban J connectivity index is 0.000000261. The molecule has 4 nitrogen and oxygen atoms in total. The minimum Gasteiger partial charge on any atom is -0.512 e. The Kier molecular flexibility index (Phi) is 11.0. The molecule has 2 heterocycles. The molecule has 0 bridgehead atoms. The number of aliphatic hydroxyl groups excluding tert-OH is 1. The van der Waals surface area contributed by atoms with Crippen molar-refractivity contribution in [3.8, 4) is 22.8 Å². The molecule has 7 rings (SSSR count). The number of aromatic nitrogens is 1. The molecule has 0 saturated heterocycles. The van der Waals surface area contributed by atoms with Crippen LogP contribution in [0.5, 0.6) is 11.5 Å². The molecule has 1 N–H and O–H groups in total. The van der Waals surface area contributed by atoms with Gasteiger partial charge in [0.1, 0.15) is 5.75 Å². The minimum atomic E-state index is 0. The summed E-state index contributed by atoms with van der Waals surface area (Å²) >= 11 is 0. The molecule has 0 unspecified atom stereocenters. The quantitative estimate of drug-likeness (QED) is 0.0752. The second-order valence-corrected chi connectivity index (χ2v) is 15.4. The van der Waals surface area contributed by atoms with Gasteiger partial charge in [0, 0.05) is 55.3 Å². The van der Waals surface area contributed by atoms with Crippen molar-refractivity contribution in [2.75, 3.05) is 0 Å². The van der Waals surface area contributed by atoms with Crippen LogP contribution in [0.2, 0.25) is 0 Å². The number of aryl methyl sites for hydroxylation is 1. The number of rotatable bonds is 7. The van der Waals surface area contributed by atoms with Crippen LogP contribution in [0.25, 0.3) is 43.6 Å². The normalized spacial score (nSPS) is 15.6. The van der Waals surface area contributed by atoms with E-state index in [-0.39, 0.29) is 54.3 Å². The molecule has 265 valence electrons. The van der Waals surface area contributed by atoms with Crippen LogP contribution in [-0.4, -0.2) is 15.9 Å². The van der Waals surface area contributed by atoms with Crippen molar-refractivity contribution < 1.29 is 34.7 Å². The van der Waals surface area contributed by atoms with E-state index in [9.17, 15) is 9.90 Å². The van der Waals surface area contributed by atoms with Gasteiger partial charge in [-0.2, -0.15) is 0 Å². The molecule has 0 spiro atoms. The zero-order chi connectivity index (χ0) is 35.2. The van der Waals surface area contributed by atoms with Crippen molar-refractivity contribution >= 4 is 38.1 Å². The maximum atomic E-state index is 11.7. The van der Waals surface area contributed by atoms with Crippen molar-refractivity contribution in [3.63, 3.8) is 0 Å². The molecule has 5 heteroatoms. The average Bonchev–Trinajstić information content (AvgIpc) is 3.08. The Morgan fingerprint density at radius 1 is 0.880 bits per heavy atom. The Morgan fingerprint density at radius 3 is 2.22 bits per heavy atom. The van der Waals surface area contributed by atoms with E-state index < -0.39 is 0 Å². The fourth-order valence-electron chi connectivity index (χ4n) is 8.20. The van der Waals surface area contributed by atoms with Crippen molar-refractivity contribution in [2.24, 2.45) is 11.8 Å². The summed E-state index contributed by atoms with van der Waals surface area (Å²) < 4.78 is 6.74. The first-order chi connectivity index (χ1) is 23.4. The molecule has 0 amide bonds. The van der Waals surface area contributed by atoms with Crippen LogP contribution in [0.1, 0.15) is 111 Å². The average molecular weight is 847 g/mol. The summed E-state index contributed by atoms with van der Waals surface area (Å²) in [4.78, 5) is 16.6. The third kappa shape index (κ3) is 6.53. The molecule has 0 saturated carbocycles. The standard InChI is InChI=1S/C32H28NO.C13H24O2.Ir/c1-18-20-9-7-6-8-19(20)16-24-29-27-22(12-15-33-29)21-10-11-25-28(23(21)17-26(27)34-30(18)24)32(4,5)14-13-31(25,2)3;1-5-10(6-2)12(14)9-13(15)11(7-3)8-4;/h6-12,15,17H,13-14H2,1-5H3;9-11,14H,5-8H2,1-4H3;/q-1;;/b;12-9-;. The first-order valence-corrected chi connectivity index (χ1v) is 18.3. The number of benzene rings is 4. The number of carbonyl (C=O) groups is 1. The van der Waals surface area contributed by atoms with Crippen molar-refractivity contribution in [3.05, 3.63) is 89.3 Å². The number of hydrogen-bond acceptors (Lipinski definition) is 4. The van der Waals surface area contributed by atoms with Gasteiger partial charge in [-0.1, -0.05) is 102 Å². The Bertz CT molecular complexity index is 2100. The van der Waals surface area contributed by atoms with E-state index in [2.05, 4.69) is 89.2 Å². The van der Waals surface area contributed by atoms with E-state index in [4.69, 9.17) is 9.72 Å². The summed E-state index contributed by atoms with van der Waals surface area (Å²) in [6.45, 7) is 19.8. The number of pyridine rings is 1. The largest absolute Gasteiger partial charge is 0.512 e. The number of hydrogen-bond donors (Lipinski definition) is 1. The van der Waals surface area contributed by atoms with Crippen molar-refractivity contribution in [1.82, 2.24) is 4.98 Å². The van der Waals surface area contributed by atoms with Crippen LogP contribution in [-0.2, 0) is 35.7 Å². The van der Waals surface area contributed by atoms with E-state index in [1.807, 2.05) is 33.9 Å². The van der Waals surface area contributed by atoms with Gasteiger partial charge in [0.2, 0.25) is 0 Å². The van der Waals surface area contributed by atoms with Gasteiger partial charge in [-0.15, -0.1) is 17.5 Å². The molecule has 1 radical (unpaired) electrons. The fourth-order valence-corrected chi connectivity index (χ4v) is 8.20. The molecule has 0 fully saturated rings. The SMILES string of the molecule is CCC(CC)C(=O)/C=C(\O)C(CC)CC.Cc1c2c([c-]c3ccccc13)-c1nccc3c1c(cc1c4c(ccc13)C(C)(C)CCC4(C)C)O2.[Ir]. The summed E-state index contributed by atoms with van der Waals surface area (Å²) in [5, 5.41) is 17.0. The molecule has 1 aromatic heterocycles. The van der Waals surface area contributed by atoms with Crippen LogP contribution < -0.4 is 4.74 Å². The second kappa shape index (κ2) is 14.6. The number of ether oxygens (including phenoxy) is 1. The smallest absolute Gasteiger partial charge is 0.162 e. The number of allylic oxidation sites excluding steroid dienone is 2. The first kappa shape index (κ1) is 37.7. The molecular formula is C45H52IrNO3-. The maximum absolute atomic E-state index is 11.7. The van der Waals surface area contributed by atoms with Crippen molar-refractivity contribution in [1.29, 1.82) is 0 Å². The number of aliphatic hydroxyl groups is 1. The van der Waals surface area contributed by atoms with E-state index >= 15 is 0 Å². The van der Waals surface area contributed by atoms with Crippen LogP contribution >= 0.6 is 0 Å². The third-order valence-electron chi connectivity index (χ3n) is 11.5. The number of nitrogens with zero attached hydrogens (tertiary/aromatic N) is 1. The van der Waals surface area contributed by atoms with Crippen LogP contribution in [0.15, 0.2) is 66.6 Å². The minimum absolute atomic E-state index is 0. The molecule has 1 aliphatic carbocycles. The van der Waals surface area contributed by atoms with Crippen LogP contribution in [0.4, 0.5) is 0 Å². The third-order valence-corrected chi connectivity index (χ3v) is 11.5. The topological polar surface area (TPSA) is 59.4 Å². The van der Waals surface area contributed by atoms with Gasteiger partial charge in [-0.25, -0.2) is 0 Å². The van der Waals surface area contributed by atoms with Gasteiger partial charge in [-0.05, 0) is 95.7 Å². The number of carbonyl (C=O) groups excluding carboxylic acids is 1. The fraction of sp³-hybridized carbons (Fsp3) is 0.422. The Hall–Kier alpha value is -3.53. The molecule has 2 aliphatic rings. The van der Waals surface area contributed by atoms with Gasteiger partial charge in [0.05, 0.1) is 11.5 Å². The predicted octanol–water partition coefficient (Wildman–Crippen LogP) is 12.6. The zero-order valence-electron chi connectivity index (χ0n) is 31.2. The molecule has 0 atom stereocenters. The van der Waals surface area contributed by atoms with E-state index in [1.165, 1.54) is 51.6 Å². The van der Waals surface area contributed by atoms with Crippen LogP contribution in [0, 0.1) is 24.8 Å². The monoisotopic (exact) mass is 847 g/mol. The van der Waals surface area contributed by atoms with Gasteiger partial charge < -0.3 is 9.84 Å². The molecule has 1 aliphatic heterocycles. The summed E-state index contributed by atoms with van der Waals surface area (Å²) in [5.41, 5.74) is 6.33. The van der Waals surface area contributed by atoms with Crippen LogP contribution in [0.3, 0.4) is 0 Å². The molecule has 4 aromatic carbocycles. The molecule has 5 aromatic rings. The molecule has 50 heavy (non-hydrogen) atoms. The van der Waals surface area contributed by atoms with Gasteiger partial charge in [0.15, 0.2) is 5.78 Å². The molecular weight excluding hydrogens is 795 g/mol. The Labute approximate surface area is 312 Å². The van der Waals surface area contributed by atoms with Crippen molar-refractivity contribution in [2.45, 2.75) is 112 Å².